The fourth-order valence-corrected chi connectivity index (χ4v) is 1.62. The van der Waals surface area contributed by atoms with Crippen LogP contribution < -0.4 is 5.73 Å². The van der Waals surface area contributed by atoms with Gasteiger partial charge in [0.05, 0.1) is 0 Å². The number of hydrogen-bond acceptors (Lipinski definition) is 2. The summed E-state index contributed by atoms with van der Waals surface area (Å²) >= 11 is 1.73. The van der Waals surface area contributed by atoms with E-state index in [9.17, 15) is 0 Å². The van der Waals surface area contributed by atoms with Gasteiger partial charge in [0.2, 0.25) is 0 Å². The van der Waals surface area contributed by atoms with Gasteiger partial charge in [0.1, 0.15) is 0 Å². The molecule has 2 N–H and O–H groups in total. The predicted molar refractivity (Wildman–Crippen MR) is 51.6 cm³/mol. The van der Waals surface area contributed by atoms with Crippen LogP contribution in [0.3, 0.4) is 0 Å². The van der Waals surface area contributed by atoms with E-state index in [0.29, 0.717) is 0 Å². The predicted octanol–water partition coefficient (Wildman–Crippen LogP) is 2.50. The first-order valence-electron chi connectivity index (χ1n) is 3.74. The van der Waals surface area contributed by atoms with Crippen molar-refractivity contribution in [3.05, 3.63) is 28.5 Å². The molecule has 0 atom stereocenters. The molecule has 0 bridgehead atoms. The highest BCUT2D eigenvalue weighted by Crippen LogP contribution is 2.16. The Labute approximate surface area is 71.5 Å². The molecule has 2 heteroatoms. The van der Waals surface area contributed by atoms with Crippen LogP contribution in [0.25, 0.3) is 5.57 Å². The average molecular weight is 167 g/mol. The third-order valence-corrected chi connectivity index (χ3v) is 2.28. The molecule has 1 nitrogen and oxygen atoms in total. The molecule has 11 heavy (non-hydrogen) atoms. The molecule has 0 saturated carbocycles. The fraction of sp³-hybridized carbons (Fsp3) is 0.333. The zero-order chi connectivity index (χ0) is 8.10. The molecule has 60 valence electrons. The van der Waals surface area contributed by atoms with Crippen LogP contribution >= 0.6 is 11.3 Å². The maximum atomic E-state index is 5.39. The van der Waals surface area contributed by atoms with Gasteiger partial charge in [-0.2, -0.15) is 11.3 Å². The highest BCUT2D eigenvalue weighted by molar-refractivity contribution is 7.08. The van der Waals surface area contributed by atoms with Gasteiger partial charge >= 0.3 is 0 Å². The molecule has 0 spiro atoms. The summed E-state index contributed by atoms with van der Waals surface area (Å²) in [5, 5.41) is 4.25. The lowest BCUT2D eigenvalue weighted by Gasteiger charge is -1.94. The average Bonchev–Trinajstić information content (AvgIpc) is 2.52. The summed E-state index contributed by atoms with van der Waals surface area (Å²) < 4.78 is 0. The molecule has 0 aromatic carbocycles. The third kappa shape index (κ3) is 2.48. The molecule has 0 aliphatic carbocycles. The van der Waals surface area contributed by atoms with Crippen LogP contribution in [0, 0.1) is 0 Å². The summed E-state index contributed by atoms with van der Waals surface area (Å²) in [6.45, 7) is 2.86. The minimum absolute atomic E-state index is 0.738. The Kier molecular flexibility index (Phi) is 3.33. The van der Waals surface area contributed by atoms with E-state index < -0.39 is 0 Å². The van der Waals surface area contributed by atoms with Crippen LogP contribution in [0.5, 0.6) is 0 Å². The van der Waals surface area contributed by atoms with Gasteiger partial charge < -0.3 is 5.73 Å². The second kappa shape index (κ2) is 4.31. The molecule has 1 aromatic heterocycles. The van der Waals surface area contributed by atoms with Crippen LogP contribution in [-0.4, -0.2) is 6.54 Å². The topological polar surface area (TPSA) is 26.0 Å². The second-order valence-electron chi connectivity index (χ2n) is 2.48. The Morgan fingerprint density at radius 1 is 1.73 bits per heavy atom. The first-order chi connectivity index (χ1) is 5.34. The van der Waals surface area contributed by atoms with Crippen molar-refractivity contribution in [1.29, 1.82) is 0 Å². The molecule has 0 saturated heterocycles. The Morgan fingerprint density at radius 3 is 3.09 bits per heavy atom. The normalized spacial score (nSPS) is 12.0. The van der Waals surface area contributed by atoms with E-state index in [1.54, 1.807) is 11.3 Å². The van der Waals surface area contributed by atoms with Gasteiger partial charge in [0.15, 0.2) is 0 Å². The van der Waals surface area contributed by atoms with Gasteiger partial charge in [-0.1, -0.05) is 6.08 Å². The van der Waals surface area contributed by atoms with E-state index >= 15 is 0 Å². The van der Waals surface area contributed by atoms with E-state index in [1.807, 2.05) is 0 Å². The van der Waals surface area contributed by atoms with Crippen molar-refractivity contribution in [2.45, 2.75) is 13.3 Å². The summed E-state index contributed by atoms with van der Waals surface area (Å²) in [6.07, 6.45) is 3.16. The Balaban J connectivity index is 2.62. The van der Waals surface area contributed by atoms with Crippen LogP contribution in [0.15, 0.2) is 22.9 Å². The van der Waals surface area contributed by atoms with Crippen molar-refractivity contribution in [1.82, 2.24) is 0 Å². The van der Waals surface area contributed by atoms with E-state index in [2.05, 4.69) is 29.8 Å². The lowest BCUT2D eigenvalue weighted by Crippen LogP contribution is -1.95. The van der Waals surface area contributed by atoms with Gasteiger partial charge in [-0.15, -0.1) is 0 Å². The molecule has 0 aliphatic rings. The minimum atomic E-state index is 0.738. The Bertz CT molecular complexity index is 224. The highest BCUT2D eigenvalue weighted by Gasteiger charge is 1.92. The van der Waals surface area contributed by atoms with E-state index in [0.717, 1.165) is 13.0 Å². The number of allylic oxidation sites excluding steroid dienone is 1. The molecule has 0 amide bonds. The molecule has 1 heterocycles. The summed E-state index contributed by atoms with van der Waals surface area (Å²) in [5.74, 6) is 0. The van der Waals surface area contributed by atoms with Crippen LogP contribution in [0.1, 0.15) is 18.9 Å². The zero-order valence-corrected chi connectivity index (χ0v) is 7.53. The first kappa shape index (κ1) is 8.50. The van der Waals surface area contributed by atoms with Gasteiger partial charge in [-0.25, -0.2) is 0 Å². The SMILES string of the molecule is CC(=CCCN)c1ccsc1. The smallest absolute Gasteiger partial charge is 0.00182 e. The minimum Gasteiger partial charge on any atom is -0.330 e. The van der Waals surface area contributed by atoms with Crippen LogP contribution in [0.2, 0.25) is 0 Å². The molecule has 1 aromatic rings. The van der Waals surface area contributed by atoms with Crippen molar-refractivity contribution in [3.63, 3.8) is 0 Å². The lowest BCUT2D eigenvalue weighted by molar-refractivity contribution is 1.01. The van der Waals surface area contributed by atoms with Crippen molar-refractivity contribution in [2.24, 2.45) is 5.73 Å². The Morgan fingerprint density at radius 2 is 2.55 bits per heavy atom. The number of nitrogens with two attached hydrogens (primary N) is 1. The van der Waals surface area contributed by atoms with Crippen molar-refractivity contribution < 1.29 is 0 Å². The summed E-state index contributed by atoms with van der Waals surface area (Å²) in [6, 6.07) is 2.13. The van der Waals surface area contributed by atoms with Gasteiger partial charge in [-0.3, -0.25) is 0 Å². The summed E-state index contributed by atoms with van der Waals surface area (Å²) in [4.78, 5) is 0. The molecular formula is C9H13NS. The van der Waals surface area contributed by atoms with E-state index in [1.165, 1.54) is 11.1 Å². The second-order valence-corrected chi connectivity index (χ2v) is 3.26. The number of rotatable bonds is 3. The molecule has 0 aliphatic heterocycles. The zero-order valence-electron chi connectivity index (χ0n) is 6.71. The van der Waals surface area contributed by atoms with Crippen LogP contribution in [0.4, 0.5) is 0 Å². The largest absolute Gasteiger partial charge is 0.330 e. The van der Waals surface area contributed by atoms with Crippen LogP contribution in [-0.2, 0) is 0 Å². The van der Waals surface area contributed by atoms with E-state index in [-0.39, 0.29) is 0 Å². The molecule has 0 radical (unpaired) electrons. The standard InChI is InChI=1S/C9H13NS/c1-8(3-2-5-10)9-4-6-11-7-9/h3-4,6-7H,2,5,10H2,1H3. The molecule has 0 fully saturated rings. The van der Waals surface area contributed by atoms with Gasteiger partial charge in [-0.05, 0) is 47.9 Å². The lowest BCUT2D eigenvalue weighted by atomic mass is 10.1. The van der Waals surface area contributed by atoms with Crippen molar-refractivity contribution in [3.8, 4) is 0 Å². The van der Waals surface area contributed by atoms with Gasteiger partial charge in [0, 0.05) is 0 Å². The number of hydrogen-bond donors (Lipinski definition) is 1. The Hall–Kier alpha value is -0.600. The van der Waals surface area contributed by atoms with Crippen molar-refractivity contribution >= 4 is 16.9 Å². The molecule has 1 rings (SSSR count). The summed E-state index contributed by atoms with van der Waals surface area (Å²) in [7, 11) is 0. The molecule has 0 unspecified atom stereocenters. The maximum Gasteiger partial charge on any atom is -0.00182 e. The van der Waals surface area contributed by atoms with Crippen molar-refractivity contribution in [2.75, 3.05) is 6.54 Å². The summed E-state index contributed by atoms with van der Waals surface area (Å²) in [5.41, 5.74) is 8.04. The quantitative estimate of drug-likeness (QED) is 0.735. The third-order valence-electron chi connectivity index (χ3n) is 1.59. The maximum absolute atomic E-state index is 5.39. The number of thiophene rings is 1. The first-order valence-corrected chi connectivity index (χ1v) is 4.68. The molecular weight excluding hydrogens is 154 g/mol. The fourth-order valence-electron chi connectivity index (χ4n) is 0.907. The van der Waals surface area contributed by atoms with E-state index in [4.69, 9.17) is 5.73 Å². The monoisotopic (exact) mass is 167 g/mol. The van der Waals surface area contributed by atoms with Gasteiger partial charge in [0.25, 0.3) is 0 Å². The highest BCUT2D eigenvalue weighted by atomic mass is 32.1.